The standard InChI is InChI=1S/C12H16O2/c1-9(2)12(8-13)10-5-4-6-11(7-10)14-3/h4-9,12H,1-3H3. The van der Waals surface area contributed by atoms with Crippen molar-refractivity contribution < 1.29 is 9.53 Å². The number of methoxy groups -OCH3 is 1. The molecule has 0 fully saturated rings. The van der Waals surface area contributed by atoms with Crippen LogP contribution in [0.2, 0.25) is 0 Å². The lowest BCUT2D eigenvalue weighted by atomic mass is 9.90. The van der Waals surface area contributed by atoms with E-state index >= 15 is 0 Å². The van der Waals surface area contributed by atoms with Crippen molar-refractivity contribution in [2.24, 2.45) is 5.92 Å². The minimum absolute atomic E-state index is 0.0369. The van der Waals surface area contributed by atoms with E-state index in [1.807, 2.05) is 38.1 Å². The zero-order valence-corrected chi connectivity index (χ0v) is 8.86. The van der Waals surface area contributed by atoms with Crippen LogP contribution in [0.1, 0.15) is 25.3 Å². The van der Waals surface area contributed by atoms with Crippen LogP contribution in [0, 0.1) is 5.92 Å². The average molecular weight is 192 g/mol. The van der Waals surface area contributed by atoms with Gasteiger partial charge in [-0.3, -0.25) is 0 Å². The molecule has 1 aromatic rings. The Morgan fingerprint density at radius 3 is 2.57 bits per heavy atom. The van der Waals surface area contributed by atoms with Gasteiger partial charge in [0, 0.05) is 5.92 Å². The second-order valence-electron chi connectivity index (χ2n) is 3.68. The largest absolute Gasteiger partial charge is 0.497 e. The minimum Gasteiger partial charge on any atom is -0.497 e. The van der Waals surface area contributed by atoms with E-state index in [2.05, 4.69) is 0 Å². The maximum absolute atomic E-state index is 10.9. The van der Waals surface area contributed by atoms with Crippen LogP contribution in [0.5, 0.6) is 5.75 Å². The molecule has 1 aromatic carbocycles. The molecule has 1 rings (SSSR count). The van der Waals surface area contributed by atoms with E-state index in [0.717, 1.165) is 17.6 Å². The zero-order valence-electron chi connectivity index (χ0n) is 8.86. The van der Waals surface area contributed by atoms with Crippen LogP contribution in [0.15, 0.2) is 24.3 Å². The summed E-state index contributed by atoms with van der Waals surface area (Å²) in [4.78, 5) is 10.9. The lowest BCUT2D eigenvalue weighted by molar-refractivity contribution is -0.109. The van der Waals surface area contributed by atoms with E-state index in [-0.39, 0.29) is 5.92 Å². The van der Waals surface area contributed by atoms with Crippen LogP contribution in [0.25, 0.3) is 0 Å². The van der Waals surface area contributed by atoms with E-state index in [0.29, 0.717) is 5.92 Å². The lowest BCUT2D eigenvalue weighted by Gasteiger charge is -2.15. The SMILES string of the molecule is COc1cccc(C(C=O)C(C)C)c1. The maximum atomic E-state index is 10.9. The number of benzene rings is 1. The Kier molecular flexibility index (Phi) is 3.69. The first kappa shape index (κ1) is 10.8. The number of carbonyl (C=O) groups is 1. The molecule has 0 heterocycles. The summed E-state index contributed by atoms with van der Waals surface area (Å²) in [5.41, 5.74) is 1.02. The quantitative estimate of drug-likeness (QED) is 0.685. The zero-order chi connectivity index (χ0) is 10.6. The second-order valence-corrected chi connectivity index (χ2v) is 3.68. The van der Waals surface area contributed by atoms with Crippen molar-refractivity contribution in [3.8, 4) is 5.75 Å². The Bertz CT molecular complexity index is 305. The van der Waals surface area contributed by atoms with Crippen molar-refractivity contribution in [1.29, 1.82) is 0 Å². The summed E-state index contributed by atoms with van der Waals surface area (Å²) < 4.78 is 5.11. The highest BCUT2D eigenvalue weighted by Gasteiger charge is 2.14. The van der Waals surface area contributed by atoms with Crippen LogP contribution < -0.4 is 4.74 Å². The molecular formula is C12H16O2. The van der Waals surface area contributed by atoms with Crippen LogP contribution >= 0.6 is 0 Å². The summed E-state index contributed by atoms with van der Waals surface area (Å²) in [6, 6.07) is 7.67. The fraction of sp³-hybridized carbons (Fsp3) is 0.417. The Morgan fingerprint density at radius 2 is 2.07 bits per heavy atom. The van der Waals surface area contributed by atoms with Gasteiger partial charge in [0.1, 0.15) is 12.0 Å². The predicted octanol–water partition coefficient (Wildman–Crippen LogP) is 2.63. The molecular weight excluding hydrogens is 176 g/mol. The van der Waals surface area contributed by atoms with E-state index in [1.54, 1.807) is 7.11 Å². The van der Waals surface area contributed by atoms with Crippen LogP contribution in [0.3, 0.4) is 0 Å². The molecule has 0 spiro atoms. The molecule has 2 nitrogen and oxygen atoms in total. The number of aldehydes is 1. The van der Waals surface area contributed by atoms with Gasteiger partial charge in [0.2, 0.25) is 0 Å². The van der Waals surface area contributed by atoms with E-state index in [1.165, 1.54) is 0 Å². The fourth-order valence-electron chi connectivity index (χ4n) is 1.47. The first-order valence-corrected chi connectivity index (χ1v) is 4.78. The van der Waals surface area contributed by atoms with Gasteiger partial charge in [0.25, 0.3) is 0 Å². The number of carbonyl (C=O) groups excluding carboxylic acids is 1. The monoisotopic (exact) mass is 192 g/mol. The summed E-state index contributed by atoms with van der Waals surface area (Å²) in [7, 11) is 1.63. The molecule has 0 radical (unpaired) electrons. The average Bonchev–Trinajstić information content (AvgIpc) is 2.19. The van der Waals surface area contributed by atoms with Gasteiger partial charge >= 0.3 is 0 Å². The topological polar surface area (TPSA) is 26.3 Å². The van der Waals surface area contributed by atoms with Gasteiger partial charge in [-0.25, -0.2) is 0 Å². The van der Waals surface area contributed by atoms with Crippen molar-refractivity contribution in [3.63, 3.8) is 0 Å². The molecule has 0 N–H and O–H groups in total. The Morgan fingerprint density at radius 1 is 1.36 bits per heavy atom. The Labute approximate surface area is 84.9 Å². The summed E-state index contributed by atoms with van der Waals surface area (Å²) >= 11 is 0. The highest BCUT2D eigenvalue weighted by atomic mass is 16.5. The van der Waals surface area contributed by atoms with E-state index in [4.69, 9.17) is 4.74 Å². The van der Waals surface area contributed by atoms with Gasteiger partial charge in [0.05, 0.1) is 7.11 Å². The van der Waals surface area contributed by atoms with Gasteiger partial charge < -0.3 is 9.53 Å². The molecule has 0 saturated heterocycles. The highest BCUT2D eigenvalue weighted by Crippen LogP contribution is 2.25. The van der Waals surface area contributed by atoms with Gasteiger partial charge in [-0.05, 0) is 23.6 Å². The predicted molar refractivity (Wildman–Crippen MR) is 56.6 cm³/mol. The molecule has 0 saturated carbocycles. The molecule has 1 atom stereocenters. The molecule has 0 amide bonds. The Balaban J connectivity index is 2.98. The van der Waals surface area contributed by atoms with Gasteiger partial charge in [-0.15, -0.1) is 0 Å². The lowest BCUT2D eigenvalue weighted by Crippen LogP contribution is -2.07. The minimum atomic E-state index is -0.0369. The number of hydrogen-bond donors (Lipinski definition) is 0. The summed E-state index contributed by atoms with van der Waals surface area (Å²) in [5.74, 6) is 1.08. The van der Waals surface area contributed by atoms with E-state index < -0.39 is 0 Å². The van der Waals surface area contributed by atoms with Crippen molar-refractivity contribution >= 4 is 6.29 Å². The number of ether oxygens (including phenoxy) is 1. The molecule has 76 valence electrons. The molecule has 0 aromatic heterocycles. The number of rotatable bonds is 4. The van der Waals surface area contributed by atoms with Crippen molar-refractivity contribution in [3.05, 3.63) is 29.8 Å². The molecule has 1 unspecified atom stereocenters. The van der Waals surface area contributed by atoms with E-state index in [9.17, 15) is 4.79 Å². The second kappa shape index (κ2) is 4.80. The van der Waals surface area contributed by atoms with Crippen molar-refractivity contribution in [2.45, 2.75) is 19.8 Å². The van der Waals surface area contributed by atoms with Crippen LogP contribution in [-0.4, -0.2) is 13.4 Å². The molecule has 0 aliphatic carbocycles. The molecule has 0 aliphatic rings. The third-order valence-electron chi connectivity index (χ3n) is 2.34. The maximum Gasteiger partial charge on any atom is 0.127 e. The van der Waals surface area contributed by atoms with Gasteiger partial charge in [0.15, 0.2) is 0 Å². The first-order valence-electron chi connectivity index (χ1n) is 4.78. The smallest absolute Gasteiger partial charge is 0.127 e. The Hall–Kier alpha value is -1.31. The summed E-state index contributed by atoms with van der Waals surface area (Å²) in [5, 5.41) is 0. The fourth-order valence-corrected chi connectivity index (χ4v) is 1.47. The molecule has 2 heteroatoms. The van der Waals surface area contributed by atoms with Gasteiger partial charge in [-0.1, -0.05) is 26.0 Å². The van der Waals surface area contributed by atoms with Crippen molar-refractivity contribution in [1.82, 2.24) is 0 Å². The van der Waals surface area contributed by atoms with Crippen LogP contribution in [-0.2, 0) is 4.79 Å². The number of hydrogen-bond acceptors (Lipinski definition) is 2. The van der Waals surface area contributed by atoms with Gasteiger partial charge in [-0.2, -0.15) is 0 Å². The third kappa shape index (κ3) is 2.34. The normalized spacial score (nSPS) is 12.6. The van der Waals surface area contributed by atoms with Crippen LogP contribution in [0.4, 0.5) is 0 Å². The highest BCUT2D eigenvalue weighted by molar-refractivity contribution is 5.63. The first-order chi connectivity index (χ1) is 6.69. The third-order valence-corrected chi connectivity index (χ3v) is 2.34. The molecule has 0 bridgehead atoms. The summed E-state index contributed by atoms with van der Waals surface area (Å²) in [6.07, 6.45) is 0.999. The van der Waals surface area contributed by atoms with Crippen molar-refractivity contribution in [2.75, 3.05) is 7.11 Å². The summed E-state index contributed by atoms with van der Waals surface area (Å²) in [6.45, 7) is 4.08. The molecule has 14 heavy (non-hydrogen) atoms. The molecule has 0 aliphatic heterocycles.